The fourth-order valence-corrected chi connectivity index (χ4v) is 1.80. The van der Waals surface area contributed by atoms with Crippen LogP contribution in [0.2, 0.25) is 0 Å². The highest BCUT2D eigenvalue weighted by atomic mass is 16.6. The lowest BCUT2D eigenvalue weighted by Crippen LogP contribution is -2.43. The summed E-state index contributed by atoms with van der Waals surface area (Å²) in [5, 5.41) is 8.54. The van der Waals surface area contributed by atoms with Crippen molar-refractivity contribution in [3.63, 3.8) is 0 Å². The average Bonchev–Trinajstić information content (AvgIpc) is 2.10. The monoisotopic (exact) mass is 244 g/mol. The van der Waals surface area contributed by atoms with Crippen LogP contribution < -0.4 is 0 Å². The van der Waals surface area contributed by atoms with Gasteiger partial charge in [0.2, 0.25) is 0 Å². The van der Waals surface area contributed by atoms with E-state index in [0.717, 1.165) is 0 Å². The molecule has 100 valence electrons. The molecule has 0 aliphatic carbocycles. The number of carboxylic acid groups (broad SMARTS) is 1. The van der Waals surface area contributed by atoms with Crippen molar-refractivity contribution in [2.75, 3.05) is 6.61 Å². The van der Waals surface area contributed by atoms with Crippen LogP contribution in [0.4, 0.5) is 0 Å². The average molecular weight is 244 g/mol. The number of carbonyl (C=O) groups is 2. The molecule has 1 unspecified atom stereocenters. The molecule has 0 amide bonds. The molecule has 1 N–H and O–H groups in total. The van der Waals surface area contributed by atoms with Crippen LogP contribution >= 0.6 is 0 Å². The number of carbonyl (C=O) groups excluding carboxylic acids is 1. The highest BCUT2D eigenvalue weighted by Crippen LogP contribution is 2.44. The second kappa shape index (κ2) is 5.52. The van der Waals surface area contributed by atoms with E-state index >= 15 is 0 Å². The van der Waals surface area contributed by atoms with E-state index in [1.807, 2.05) is 41.5 Å². The molecule has 0 fully saturated rings. The number of esters is 1. The summed E-state index contributed by atoms with van der Waals surface area (Å²) in [5.41, 5.74) is -0.941. The molecule has 0 saturated carbocycles. The van der Waals surface area contributed by atoms with Crippen LogP contribution in [-0.2, 0) is 14.3 Å². The van der Waals surface area contributed by atoms with Crippen molar-refractivity contribution < 1.29 is 19.4 Å². The molecule has 0 aromatic heterocycles. The molecule has 0 aliphatic heterocycles. The van der Waals surface area contributed by atoms with Crippen LogP contribution in [0.1, 0.15) is 48.0 Å². The number of hydrogen-bond acceptors (Lipinski definition) is 3. The Kier molecular flexibility index (Phi) is 5.17. The summed E-state index contributed by atoms with van der Waals surface area (Å²) in [4.78, 5) is 22.5. The minimum atomic E-state index is -1.13. The summed E-state index contributed by atoms with van der Waals surface area (Å²) in [6, 6.07) is 0. The first-order valence-corrected chi connectivity index (χ1v) is 5.89. The third-order valence-electron chi connectivity index (χ3n) is 3.25. The normalized spacial score (nSPS) is 15.5. The molecule has 1 atom stereocenters. The number of aliphatic carboxylic acids is 1. The standard InChI is InChI=1S/C13H24O4/c1-9(2)7-13(6,12(3,4)5)11(16)17-8-10(14)15/h9H,7-8H2,1-6H3,(H,14,15). The van der Waals surface area contributed by atoms with Crippen LogP contribution in [-0.4, -0.2) is 23.7 Å². The zero-order valence-electron chi connectivity index (χ0n) is 11.7. The van der Waals surface area contributed by atoms with E-state index in [-0.39, 0.29) is 5.41 Å². The largest absolute Gasteiger partial charge is 0.479 e. The van der Waals surface area contributed by atoms with Gasteiger partial charge in [-0.05, 0) is 24.7 Å². The minimum Gasteiger partial charge on any atom is -0.479 e. The summed E-state index contributed by atoms with van der Waals surface area (Å²) >= 11 is 0. The van der Waals surface area contributed by atoms with E-state index in [2.05, 4.69) is 0 Å². The van der Waals surface area contributed by atoms with Crippen LogP contribution in [0.3, 0.4) is 0 Å². The van der Waals surface area contributed by atoms with Gasteiger partial charge in [-0.25, -0.2) is 4.79 Å². The van der Waals surface area contributed by atoms with Crippen molar-refractivity contribution in [2.24, 2.45) is 16.7 Å². The Bertz CT molecular complexity index is 288. The van der Waals surface area contributed by atoms with Gasteiger partial charge in [0.05, 0.1) is 5.41 Å². The van der Waals surface area contributed by atoms with Crippen molar-refractivity contribution >= 4 is 11.9 Å². The third-order valence-corrected chi connectivity index (χ3v) is 3.25. The SMILES string of the molecule is CC(C)CC(C)(C(=O)OCC(=O)O)C(C)(C)C. The Hall–Kier alpha value is -1.06. The second-order valence-corrected chi connectivity index (χ2v) is 6.15. The van der Waals surface area contributed by atoms with Crippen molar-refractivity contribution in [1.82, 2.24) is 0 Å². The molecule has 17 heavy (non-hydrogen) atoms. The first-order valence-electron chi connectivity index (χ1n) is 5.89. The smallest absolute Gasteiger partial charge is 0.341 e. The molecule has 0 spiro atoms. The number of rotatable bonds is 5. The Morgan fingerprint density at radius 2 is 1.65 bits per heavy atom. The highest BCUT2D eigenvalue weighted by Gasteiger charge is 2.45. The molecule has 0 rings (SSSR count). The van der Waals surface area contributed by atoms with Gasteiger partial charge in [-0.1, -0.05) is 34.6 Å². The summed E-state index contributed by atoms with van der Waals surface area (Å²) in [7, 11) is 0. The van der Waals surface area contributed by atoms with Gasteiger partial charge in [-0.15, -0.1) is 0 Å². The molecule has 0 radical (unpaired) electrons. The van der Waals surface area contributed by atoms with Crippen molar-refractivity contribution in [3.05, 3.63) is 0 Å². The number of hydrogen-bond donors (Lipinski definition) is 1. The lowest BCUT2D eigenvalue weighted by atomic mass is 9.64. The van der Waals surface area contributed by atoms with E-state index in [0.29, 0.717) is 12.3 Å². The van der Waals surface area contributed by atoms with Gasteiger partial charge in [-0.2, -0.15) is 0 Å². The maximum absolute atomic E-state index is 12.1. The molecule has 4 nitrogen and oxygen atoms in total. The quantitative estimate of drug-likeness (QED) is 0.755. The summed E-state index contributed by atoms with van der Waals surface area (Å²) in [6.07, 6.45) is 0.676. The second-order valence-electron chi connectivity index (χ2n) is 6.15. The summed E-state index contributed by atoms with van der Waals surface area (Å²) in [5.74, 6) is -1.21. The van der Waals surface area contributed by atoms with E-state index < -0.39 is 24.0 Å². The summed E-state index contributed by atoms with van der Waals surface area (Å²) < 4.78 is 4.86. The van der Waals surface area contributed by atoms with Gasteiger partial charge in [0.1, 0.15) is 0 Å². The maximum atomic E-state index is 12.1. The highest BCUT2D eigenvalue weighted by molar-refractivity contribution is 5.80. The topological polar surface area (TPSA) is 63.6 Å². The Labute approximate surface area is 103 Å². The Morgan fingerprint density at radius 1 is 1.18 bits per heavy atom. The van der Waals surface area contributed by atoms with Crippen molar-refractivity contribution in [1.29, 1.82) is 0 Å². The van der Waals surface area contributed by atoms with Gasteiger partial charge < -0.3 is 9.84 Å². The molecular formula is C13H24O4. The summed E-state index contributed by atoms with van der Waals surface area (Å²) in [6.45, 7) is 11.3. The lowest BCUT2D eigenvalue weighted by Gasteiger charge is -2.40. The maximum Gasteiger partial charge on any atom is 0.341 e. The van der Waals surface area contributed by atoms with Crippen molar-refractivity contribution in [2.45, 2.75) is 48.0 Å². The minimum absolute atomic E-state index is 0.271. The molecule has 0 aromatic rings. The number of carboxylic acids is 1. The Morgan fingerprint density at radius 3 is 1.94 bits per heavy atom. The fraction of sp³-hybridized carbons (Fsp3) is 0.846. The van der Waals surface area contributed by atoms with E-state index in [9.17, 15) is 9.59 Å². The predicted molar refractivity (Wildman–Crippen MR) is 65.6 cm³/mol. The fourth-order valence-electron chi connectivity index (χ4n) is 1.80. The van der Waals surface area contributed by atoms with Gasteiger partial charge in [0.25, 0.3) is 0 Å². The molecular weight excluding hydrogens is 220 g/mol. The molecule has 0 aliphatic rings. The van der Waals surface area contributed by atoms with Crippen LogP contribution in [0.25, 0.3) is 0 Å². The van der Waals surface area contributed by atoms with E-state index in [4.69, 9.17) is 9.84 Å². The molecule has 0 aromatic carbocycles. The van der Waals surface area contributed by atoms with E-state index in [1.54, 1.807) is 0 Å². The first-order chi connectivity index (χ1) is 7.50. The molecule has 0 heterocycles. The van der Waals surface area contributed by atoms with Crippen LogP contribution in [0, 0.1) is 16.7 Å². The Balaban J connectivity index is 4.93. The van der Waals surface area contributed by atoms with E-state index in [1.165, 1.54) is 0 Å². The van der Waals surface area contributed by atoms with Crippen LogP contribution in [0.15, 0.2) is 0 Å². The molecule has 0 bridgehead atoms. The van der Waals surface area contributed by atoms with Gasteiger partial charge >= 0.3 is 11.9 Å². The number of ether oxygens (including phenoxy) is 1. The zero-order valence-corrected chi connectivity index (χ0v) is 11.7. The molecule has 4 heteroatoms. The van der Waals surface area contributed by atoms with Crippen molar-refractivity contribution in [3.8, 4) is 0 Å². The van der Waals surface area contributed by atoms with Gasteiger partial charge in [0.15, 0.2) is 6.61 Å². The zero-order chi connectivity index (χ0) is 13.9. The van der Waals surface area contributed by atoms with Crippen LogP contribution in [0.5, 0.6) is 0 Å². The lowest BCUT2D eigenvalue weighted by molar-refractivity contribution is -0.169. The first kappa shape index (κ1) is 15.9. The third kappa shape index (κ3) is 4.36. The van der Waals surface area contributed by atoms with Gasteiger partial charge in [-0.3, -0.25) is 4.79 Å². The predicted octanol–water partition coefficient (Wildman–Crippen LogP) is 2.71. The molecule has 0 saturated heterocycles. The van der Waals surface area contributed by atoms with Gasteiger partial charge in [0, 0.05) is 0 Å².